The molecule has 0 unspecified atom stereocenters. The summed E-state index contributed by atoms with van der Waals surface area (Å²) in [5.74, 6) is 0. The summed E-state index contributed by atoms with van der Waals surface area (Å²) in [5, 5.41) is 8.56. The first-order valence-electron chi connectivity index (χ1n) is 1.46. The standard InChI is InChI=1S/C2H3N3OS/c1-4(2-3)5(6)7/h1H3. The van der Waals surface area contributed by atoms with Crippen molar-refractivity contribution in [3.63, 3.8) is 0 Å². The quantitative estimate of drug-likeness (QED) is 0.153. The molecule has 0 aromatic carbocycles. The van der Waals surface area contributed by atoms with Crippen molar-refractivity contribution < 1.29 is 4.27 Å². The predicted octanol–water partition coefficient (Wildman–Crippen LogP) is -0.445. The third-order valence-corrected chi connectivity index (χ3v) is 0.635. The van der Waals surface area contributed by atoms with E-state index in [1.165, 1.54) is 13.2 Å². The molecular formula is C2H3N3OS. The average Bonchev–Trinajstić information content (AvgIpc) is 1.65. The average molecular weight is 117 g/mol. The van der Waals surface area contributed by atoms with Gasteiger partial charge in [-0.05, 0) is 0 Å². The van der Waals surface area contributed by atoms with Crippen LogP contribution >= 0.6 is 0 Å². The molecule has 0 saturated carbocycles. The number of nitriles is 1. The number of hydrogen-bond donors (Lipinski definition) is 0. The lowest BCUT2D eigenvalue weighted by Gasteiger charge is -1.95. The Hall–Kier alpha value is -0.890. The lowest BCUT2D eigenvalue weighted by Crippen LogP contribution is -2.18. The molecule has 0 saturated heterocycles. The van der Waals surface area contributed by atoms with Crippen molar-refractivity contribution in [1.29, 1.82) is 5.26 Å². The molecule has 0 fully saturated rings. The smallest absolute Gasteiger partial charge is 0.242 e. The van der Waals surface area contributed by atoms with Crippen LogP contribution in [-0.2, 0) is 12.8 Å². The Labute approximate surface area is 46.4 Å². The van der Waals surface area contributed by atoms with Gasteiger partial charge in [0.2, 0.25) is 6.19 Å². The molecule has 0 atom stereocenters. The van der Waals surface area contributed by atoms with Crippen LogP contribution in [0.4, 0.5) is 0 Å². The summed E-state index contributed by atoms with van der Waals surface area (Å²) in [6.45, 7) is 0. The highest BCUT2D eigenvalue weighted by molar-refractivity contribution is 7.51. The number of hydrazine groups is 1. The second-order valence-electron chi connectivity index (χ2n) is 0.861. The summed E-state index contributed by atoms with van der Waals surface area (Å²) >= 11 is 3.98. The Kier molecular flexibility index (Phi) is 2.02. The van der Waals surface area contributed by atoms with E-state index in [1.807, 2.05) is 0 Å². The molecule has 0 aliphatic heterocycles. The van der Waals surface area contributed by atoms with Crippen molar-refractivity contribution >= 4 is 12.8 Å². The molecule has 0 spiro atoms. The van der Waals surface area contributed by atoms with E-state index in [1.54, 1.807) is 0 Å². The molecule has 0 radical (unpaired) electrons. The zero-order valence-electron chi connectivity index (χ0n) is 3.66. The molecule has 7 heavy (non-hydrogen) atoms. The van der Waals surface area contributed by atoms with E-state index in [2.05, 4.69) is 12.8 Å². The first kappa shape index (κ1) is 6.11. The molecule has 0 bridgehead atoms. The van der Waals surface area contributed by atoms with Gasteiger partial charge in [-0.2, -0.15) is 5.26 Å². The van der Waals surface area contributed by atoms with Gasteiger partial charge in [0.25, 0.3) is 0 Å². The van der Waals surface area contributed by atoms with Crippen LogP contribution in [0, 0.1) is 16.4 Å². The SMILES string of the molecule is CN(C#N)[N+](=O)[S-]. The van der Waals surface area contributed by atoms with Crippen molar-refractivity contribution in [3.05, 3.63) is 4.91 Å². The van der Waals surface area contributed by atoms with Gasteiger partial charge < -0.3 is 12.8 Å². The largest absolute Gasteiger partial charge is 0.331 e. The third-order valence-electron chi connectivity index (χ3n) is 0.390. The predicted molar refractivity (Wildman–Crippen MR) is 24.4 cm³/mol. The number of hydrogen-bond acceptors (Lipinski definition) is 3. The van der Waals surface area contributed by atoms with E-state index >= 15 is 0 Å². The zero-order chi connectivity index (χ0) is 5.86. The summed E-state index contributed by atoms with van der Waals surface area (Å²) in [6.07, 6.45) is 1.51. The highest BCUT2D eigenvalue weighted by atomic mass is 32.1. The van der Waals surface area contributed by atoms with Crippen molar-refractivity contribution in [3.8, 4) is 6.19 Å². The van der Waals surface area contributed by atoms with Gasteiger partial charge in [-0.25, -0.2) is 0 Å². The molecule has 4 nitrogen and oxygen atoms in total. The van der Waals surface area contributed by atoms with Gasteiger partial charge in [0, 0.05) is 9.18 Å². The van der Waals surface area contributed by atoms with E-state index in [0.717, 1.165) is 0 Å². The van der Waals surface area contributed by atoms with E-state index in [0.29, 0.717) is 5.01 Å². The Morgan fingerprint density at radius 2 is 2.43 bits per heavy atom. The Balaban J connectivity index is 3.63. The molecule has 0 aromatic heterocycles. The minimum Gasteiger partial charge on any atom is -0.331 e. The van der Waals surface area contributed by atoms with Crippen LogP contribution in [-0.4, -0.2) is 16.3 Å². The maximum absolute atomic E-state index is 9.81. The second kappa shape index (κ2) is 2.31. The summed E-state index contributed by atoms with van der Waals surface area (Å²) in [6, 6.07) is 0. The van der Waals surface area contributed by atoms with Crippen LogP contribution in [0.3, 0.4) is 0 Å². The fourth-order valence-corrected chi connectivity index (χ4v) is 0.0730. The second-order valence-corrected chi connectivity index (χ2v) is 1.17. The molecule has 0 aliphatic carbocycles. The number of rotatable bonds is 1. The minimum absolute atomic E-state index is 0.0278. The van der Waals surface area contributed by atoms with Gasteiger partial charge in [0.15, 0.2) is 0 Å². The van der Waals surface area contributed by atoms with Gasteiger partial charge in [0.1, 0.15) is 0 Å². The van der Waals surface area contributed by atoms with Crippen LogP contribution in [0.2, 0.25) is 0 Å². The molecule has 0 amide bonds. The Bertz CT molecular complexity index is 117. The molecule has 0 aromatic rings. The van der Waals surface area contributed by atoms with Gasteiger partial charge in [-0.3, -0.25) is 0 Å². The summed E-state index contributed by atoms with van der Waals surface area (Å²) in [5.41, 5.74) is 0. The fourth-order valence-electron chi connectivity index (χ4n) is 0.0365. The van der Waals surface area contributed by atoms with Crippen molar-refractivity contribution in [2.45, 2.75) is 0 Å². The highest BCUT2D eigenvalue weighted by Gasteiger charge is 1.95. The topological polar surface area (TPSA) is 47.1 Å². The zero-order valence-corrected chi connectivity index (χ0v) is 4.47. The van der Waals surface area contributed by atoms with Crippen molar-refractivity contribution in [1.82, 2.24) is 5.01 Å². The van der Waals surface area contributed by atoms with Crippen LogP contribution in [0.5, 0.6) is 0 Å². The maximum atomic E-state index is 9.81. The first-order chi connectivity index (χ1) is 3.18. The Morgan fingerprint density at radius 1 is 2.00 bits per heavy atom. The summed E-state index contributed by atoms with van der Waals surface area (Å²) in [7, 11) is 1.28. The number of nitrogens with zero attached hydrogens (tertiary/aromatic N) is 3. The van der Waals surface area contributed by atoms with Gasteiger partial charge >= 0.3 is 0 Å². The molecule has 38 valence electrons. The van der Waals surface area contributed by atoms with Crippen LogP contribution < -0.4 is 0 Å². The van der Waals surface area contributed by atoms with Gasteiger partial charge in [-0.1, -0.05) is 5.01 Å². The fraction of sp³-hybridized carbons (Fsp3) is 0.500. The maximum Gasteiger partial charge on any atom is 0.242 e. The monoisotopic (exact) mass is 117 g/mol. The first-order valence-corrected chi connectivity index (χ1v) is 1.82. The molecular weight excluding hydrogens is 114 g/mol. The Morgan fingerprint density at radius 3 is 2.43 bits per heavy atom. The van der Waals surface area contributed by atoms with E-state index in [9.17, 15) is 4.91 Å². The van der Waals surface area contributed by atoms with Crippen LogP contribution in [0.15, 0.2) is 0 Å². The van der Waals surface area contributed by atoms with Gasteiger partial charge in [-0.15, -0.1) is 0 Å². The minimum atomic E-state index is 0.0278. The highest BCUT2D eigenvalue weighted by Crippen LogP contribution is 1.72. The molecule has 0 N–H and O–H groups in total. The van der Waals surface area contributed by atoms with Crippen LogP contribution in [0.1, 0.15) is 0 Å². The molecule has 5 heteroatoms. The van der Waals surface area contributed by atoms with Crippen molar-refractivity contribution in [2.24, 2.45) is 0 Å². The number of nitroso groups, excluding NO2 is 1. The van der Waals surface area contributed by atoms with Gasteiger partial charge in [0.05, 0.1) is 7.05 Å². The van der Waals surface area contributed by atoms with E-state index in [4.69, 9.17) is 5.26 Å². The van der Waals surface area contributed by atoms with Crippen LogP contribution in [0.25, 0.3) is 0 Å². The molecule has 0 heterocycles. The van der Waals surface area contributed by atoms with E-state index < -0.39 is 0 Å². The molecule has 0 rings (SSSR count). The van der Waals surface area contributed by atoms with Crippen molar-refractivity contribution in [2.75, 3.05) is 7.05 Å². The third kappa shape index (κ3) is 1.89. The molecule has 0 aliphatic rings. The normalized spacial score (nSPS) is 6.86. The summed E-state index contributed by atoms with van der Waals surface area (Å²) in [4.78, 5) is 9.81. The lowest BCUT2D eigenvalue weighted by molar-refractivity contribution is -0.537. The lowest BCUT2D eigenvalue weighted by atomic mass is 11.1. The van der Waals surface area contributed by atoms with E-state index in [-0.39, 0.29) is 4.27 Å². The summed E-state index contributed by atoms with van der Waals surface area (Å²) < 4.78 is 0.0278.